The van der Waals surface area contributed by atoms with E-state index in [4.69, 9.17) is 4.98 Å². The van der Waals surface area contributed by atoms with Crippen LogP contribution in [0.15, 0.2) is 72.4 Å². The molecule has 0 aliphatic heterocycles. The third-order valence-corrected chi connectivity index (χ3v) is 5.67. The summed E-state index contributed by atoms with van der Waals surface area (Å²) >= 11 is 1.68. The second-order valence-electron chi connectivity index (χ2n) is 6.64. The first kappa shape index (κ1) is 18.3. The Kier molecular flexibility index (Phi) is 5.44. The predicted molar refractivity (Wildman–Crippen MR) is 114 cm³/mol. The van der Waals surface area contributed by atoms with Gasteiger partial charge in [-0.2, -0.15) is 0 Å². The standard InChI is InChI=1S/C23H21N3OS/c1-2-7-20(22-11-6-13-28-22)26-23(27)18-14-21(16-8-5-12-24-15-16)25-19-10-4-3-9-17(18)19/h3-6,8-15,20H,2,7H2,1H3,(H,26,27). The van der Waals surface area contributed by atoms with Crippen LogP contribution in [-0.4, -0.2) is 15.9 Å². The van der Waals surface area contributed by atoms with Gasteiger partial charge in [0, 0.05) is 28.2 Å². The highest BCUT2D eigenvalue weighted by Gasteiger charge is 2.19. The number of rotatable bonds is 6. The number of nitrogens with zero attached hydrogens (tertiary/aromatic N) is 2. The van der Waals surface area contributed by atoms with E-state index < -0.39 is 0 Å². The smallest absolute Gasteiger partial charge is 0.252 e. The lowest BCUT2D eigenvalue weighted by molar-refractivity contribution is 0.0937. The van der Waals surface area contributed by atoms with Crippen LogP contribution in [0, 0.1) is 0 Å². The van der Waals surface area contributed by atoms with Gasteiger partial charge in [-0.1, -0.05) is 37.6 Å². The van der Waals surface area contributed by atoms with E-state index in [9.17, 15) is 4.79 Å². The number of aromatic nitrogens is 2. The largest absolute Gasteiger partial charge is 0.344 e. The molecule has 1 aromatic carbocycles. The third kappa shape index (κ3) is 3.80. The minimum Gasteiger partial charge on any atom is -0.344 e. The molecule has 1 atom stereocenters. The fourth-order valence-electron chi connectivity index (χ4n) is 3.33. The summed E-state index contributed by atoms with van der Waals surface area (Å²) in [4.78, 5) is 23.4. The van der Waals surface area contributed by atoms with Crippen LogP contribution in [0.3, 0.4) is 0 Å². The Balaban J connectivity index is 1.75. The molecule has 0 saturated heterocycles. The summed E-state index contributed by atoms with van der Waals surface area (Å²) in [6, 6.07) is 17.6. The number of nitrogens with one attached hydrogen (secondary N) is 1. The number of hydrogen-bond acceptors (Lipinski definition) is 4. The van der Waals surface area contributed by atoms with Crippen molar-refractivity contribution in [2.24, 2.45) is 0 Å². The number of amides is 1. The highest BCUT2D eigenvalue weighted by atomic mass is 32.1. The molecule has 4 aromatic rings. The summed E-state index contributed by atoms with van der Waals surface area (Å²) in [6.45, 7) is 2.13. The Morgan fingerprint density at radius 2 is 2.04 bits per heavy atom. The highest BCUT2D eigenvalue weighted by Crippen LogP contribution is 2.27. The first-order chi connectivity index (χ1) is 13.8. The van der Waals surface area contributed by atoms with Crippen molar-refractivity contribution in [2.75, 3.05) is 0 Å². The zero-order chi connectivity index (χ0) is 19.3. The van der Waals surface area contributed by atoms with Crippen molar-refractivity contribution in [3.05, 3.63) is 82.8 Å². The molecule has 0 aliphatic carbocycles. The summed E-state index contributed by atoms with van der Waals surface area (Å²) < 4.78 is 0. The fourth-order valence-corrected chi connectivity index (χ4v) is 4.14. The molecule has 0 bridgehead atoms. The van der Waals surface area contributed by atoms with E-state index in [2.05, 4.69) is 23.3 Å². The van der Waals surface area contributed by atoms with Crippen LogP contribution in [0.1, 0.15) is 41.0 Å². The molecule has 1 N–H and O–H groups in total. The number of carbonyl (C=O) groups is 1. The van der Waals surface area contributed by atoms with E-state index in [1.807, 2.05) is 53.9 Å². The summed E-state index contributed by atoms with van der Waals surface area (Å²) in [5.41, 5.74) is 3.09. The summed E-state index contributed by atoms with van der Waals surface area (Å²) in [7, 11) is 0. The molecule has 5 heteroatoms. The van der Waals surface area contributed by atoms with Gasteiger partial charge < -0.3 is 5.32 Å². The lowest BCUT2D eigenvalue weighted by Gasteiger charge is -2.18. The number of benzene rings is 1. The molecular weight excluding hydrogens is 366 g/mol. The Hall–Kier alpha value is -3.05. The number of thiophene rings is 1. The molecule has 4 rings (SSSR count). The molecule has 1 amide bonds. The van der Waals surface area contributed by atoms with Gasteiger partial charge in [0.05, 0.1) is 22.8 Å². The van der Waals surface area contributed by atoms with Gasteiger partial charge in [0.1, 0.15) is 0 Å². The van der Waals surface area contributed by atoms with Gasteiger partial charge >= 0.3 is 0 Å². The van der Waals surface area contributed by atoms with Crippen LogP contribution in [0.4, 0.5) is 0 Å². The number of hydrogen-bond donors (Lipinski definition) is 1. The molecule has 0 spiro atoms. The molecule has 0 fully saturated rings. The second kappa shape index (κ2) is 8.31. The van der Waals surface area contributed by atoms with Crippen LogP contribution < -0.4 is 5.32 Å². The third-order valence-electron chi connectivity index (χ3n) is 4.69. The minimum atomic E-state index is -0.0735. The van der Waals surface area contributed by atoms with Gasteiger partial charge in [0.25, 0.3) is 5.91 Å². The Morgan fingerprint density at radius 1 is 1.14 bits per heavy atom. The monoisotopic (exact) mass is 387 g/mol. The lowest BCUT2D eigenvalue weighted by atomic mass is 10.0. The van der Waals surface area contributed by atoms with Crippen LogP contribution in [0.2, 0.25) is 0 Å². The number of para-hydroxylation sites is 1. The van der Waals surface area contributed by atoms with Crippen molar-refractivity contribution in [3.8, 4) is 11.3 Å². The van der Waals surface area contributed by atoms with E-state index in [-0.39, 0.29) is 11.9 Å². The van der Waals surface area contributed by atoms with Gasteiger partial charge in [-0.05, 0) is 42.1 Å². The van der Waals surface area contributed by atoms with Crippen LogP contribution in [-0.2, 0) is 0 Å². The normalized spacial score (nSPS) is 12.0. The molecule has 3 heterocycles. The van der Waals surface area contributed by atoms with Crippen molar-refractivity contribution >= 4 is 28.1 Å². The van der Waals surface area contributed by atoms with E-state index in [0.717, 1.165) is 35.0 Å². The second-order valence-corrected chi connectivity index (χ2v) is 7.62. The van der Waals surface area contributed by atoms with Crippen LogP contribution >= 0.6 is 11.3 Å². The fraction of sp³-hybridized carbons (Fsp3) is 0.174. The molecule has 140 valence electrons. The number of pyridine rings is 2. The van der Waals surface area contributed by atoms with Crippen LogP contribution in [0.25, 0.3) is 22.2 Å². The maximum absolute atomic E-state index is 13.3. The number of fused-ring (bicyclic) bond motifs is 1. The number of carbonyl (C=O) groups excluding carboxylic acids is 1. The Morgan fingerprint density at radius 3 is 2.79 bits per heavy atom. The van der Waals surface area contributed by atoms with Crippen molar-refractivity contribution in [3.63, 3.8) is 0 Å². The summed E-state index contributed by atoms with van der Waals surface area (Å²) in [5.74, 6) is -0.0735. The summed E-state index contributed by atoms with van der Waals surface area (Å²) in [6.07, 6.45) is 5.41. The molecular formula is C23H21N3OS. The Labute approximate surface area is 168 Å². The molecule has 1 unspecified atom stereocenters. The quantitative estimate of drug-likeness (QED) is 0.466. The zero-order valence-corrected chi connectivity index (χ0v) is 16.4. The van der Waals surface area contributed by atoms with Crippen molar-refractivity contribution < 1.29 is 4.79 Å². The van der Waals surface area contributed by atoms with E-state index in [1.54, 1.807) is 23.7 Å². The van der Waals surface area contributed by atoms with Gasteiger partial charge in [0.15, 0.2) is 0 Å². The van der Waals surface area contributed by atoms with Gasteiger partial charge in [0.2, 0.25) is 0 Å². The molecule has 3 aromatic heterocycles. The van der Waals surface area contributed by atoms with Crippen molar-refractivity contribution in [1.82, 2.24) is 15.3 Å². The molecule has 4 nitrogen and oxygen atoms in total. The first-order valence-corrected chi connectivity index (χ1v) is 10.3. The molecule has 0 saturated carbocycles. The van der Waals surface area contributed by atoms with Crippen molar-refractivity contribution in [2.45, 2.75) is 25.8 Å². The first-order valence-electron chi connectivity index (χ1n) is 9.40. The van der Waals surface area contributed by atoms with Gasteiger partial charge in [-0.3, -0.25) is 9.78 Å². The minimum absolute atomic E-state index is 0.0197. The molecule has 28 heavy (non-hydrogen) atoms. The summed E-state index contributed by atoms with van der Waals surface area (Å²) in [5, 5.41) is 6.14. The highest BCUT2D eigenvalue weighted by molar-refractivity contribution is 7.10. The average molecular weight is 388 g/mol. The maximum atomic E-state index is 13.3. The maximum Gasteiger partial charge on any atom is 0.252 e. The SMILES string of the molecule is CCCC(NC(=O)c1cc(-c2cccnc2)nc2ccccc12)c1cccs1. The average Bonchev–Trinajstić information content (AvgIpc) is 3.28. The molecule has 0 radical (unpaired) electrons. The van der Waals surface area contributed by atoms with Gasteiger partial charge in [-0.25, -0.2) is 4.98 Å². The van der Waals surface area contributed by atoms with E-state index >= 15 is 0 Å². The van der Waals surface area contributed by atoms with E-state index in [0.29, 0.717) is 5.56 Å². The van der Waals surface area contributed by atoms with E-state index in [1.165, 1.54) is 4.88 Å². The molecule has 0 aliphatic rings. The predicted octanol–water partition coefficient (Wildman–Crippen LogP) is 5.63. The zero-order valence-electron chi connectivity index (χ0n) is 15.6. The van der Waals surface area contributed by atoms with Gasteiger partial charge in [-0.15, -0.1) is 11.3 Å². The lowest BCUT2D eigenvalue weighted by Crippen LogP contribution is -2.28. The Bertz CT molecular complexity index is 1080. The van der Waals surface area contributed by atoms with Crippen molar-refractivity contribution in [1.29, 1.82) is 0 Å². The topological polar surface area (TPSA) is 54.9 Å². The van der Waals surface area contributed by atoms with Crippen LogP contribution in [0.5, 0.6) is 0 Å².